The summed E-state index contributed by atoms with van der Waals surface area (Å²) in [7, 11) is 0. The van der Waals surface area contributed by atoms with Crippen molar-refractivity contribution in [1.82, 2.24) is 4.90 Å². The monoisotopic (exact) mass is 262 g/mol. The van der Waals surface area contributed by atoms with E-state index in [0.717, 1.165) is 26.1 Å². The zero-order valence-corrected chi connectivity index (χ0v) is 11.4. The third-order valence-corrected chi connectivity index (χ3v) is 3.58. The highest BCUT2D eigenvalue weighted by Gasteiger charge is 2.32. The molecule has 104 valence electrons. The van der Waals surface area contributed by atoms with Crippen LogP contribution in [0, 0.1) is 5.92 Å². The third kappa shape index (κ3) is 3.78. The maximum atomic E-state index is 11.8. The fraction of sp³-hybridized carbons (Fsp3) is 0.533. The molecule has 2 N–H and O–H groups in total. The van der Waals surface area contributed by atoms with E-state index in [0.29, 0.717) is 6.61 Å². The number of benzene rings is 1. The summed E-state index contributed by atoms with van der Waals surface area (Å²) in [6.45, 7) is 4.79. The van der Waals surface area contributed by atoms with Crippen LogP contribution in [-0.4, -0.2) is 36.6 Å². The van der Waals surface area contributed by atoms with E-state index >= 15 is 0 Å². The first kappa shape index (κ1) is 14.0. The molecule has 2 rings (SSSR count). The van der Waals surface area contributed by atoms with Gasteiger partial charge >= 0.3 is 5.97 Å². The Balaban J connectivity index is 1.88. The van der Waals surface area contributed by atoms with Crippen LogP contribution < -0.4 is 5.73 Å². The molecule has 0 radical (unpaired) electrons. The minimum Gasteiger partial charge on any atom is -0.466 e. The van der Waals surface area contributed by atoms with Gasteiger partial charge in [-0.3, -0.25) is 9.69 Å². The van der Waals surface area contributed by atoms with Crippen molar-refractivity contribution in [3.05, 3.63) is 35.9 Å². The summed E-state index contributed by atoms with van der Waals surface area (Å²) in [5, 5.41) is 0. The van der Waals surface area contributed by atoms with E-state index in [1.165, 1.54) is 5.56 Å². The summed E-state index contributed by atoms with van der Waals surface area (Å²) in [5.41, 5.74) is 7.39. The number of hydrogen-bond donors (Lipinski definition) is 1. The maximum Gasteiger partial charge on any atom is 0.310 e. The summed E-state index contributed by atoms with van der Waals surface area (Å²) in [6.07, 6.45) is 0.785. The van der Waals surface area contributed by atoms with Crippen LogP contribution in [0.15, 0.2) is 30.3 Å². The molecule has 0 aromatic heterocycles. The van der Waals surface area contributed by atoms with E-state index in [-0.39, 0.29) is 17.9 Å². The molecule has 1 heterocycles. The molecule has 1 fully saturated rings. The molecular formula is C15H22N2O2. The van der Waals surface area contributed by atoms with Crippen LogP contribution in [0.1, 0.15) is 18.9 Å². The van der Waals surface area contributed by atoms with Crippen molar-refractivity contribution >= 4 is 5.97 Å². The van der Waals surface area contributed by atoms with Crippen molar-refractivity contribution in [2.45, 2.75) is 25.9 Å². The lowest BCUT2D eigenvalue weighted by Gasteiger charge is -2.35. The molecule has 4 nitrogen and oxygen atoms in total. The summed E-state index contributed by atoms with van der Waals surface area (Å²) in [5.74, 6) is -0.290. The van der Waals surface area contributed by atoms with E-state index in [1.54, 1.807) is 0 Å². The van der Waals surface area contributed by atoms with Gasteiger partial charge in [-0.15, -0.1) is 0 Å². The molecular weight excluding hydrogens is 240 g/mol. The minimum absolute atomic E-state index is 0.128. The van der Waals surface area contributed by atoms with Gasteiger partial charge in [0.2, 0.25) is 0 Å². The number of esters is 1. The van der Waals surface area contributed by atoms with Crippen LogP contribution in [0.2, 0.25) is 0 Å². The third-order valence-electron chi connectivity index (χ3n) is 3.58. The largest absolute Gasteiger partial charge is 0.466 e. The minimum atomic E-state index is -0.146. The van der Waals surface area contributed by atoms with Crippen molar-refractivity contribution in [3.8, 4) is 0 Å². The molecule has 0 aliphatic carbocycles. The standard InChI is InChI=1S/C15H22N2O2/c1-2-19-15(18)13-8-9-17(11-14(13)16)10-12-6-4-3-5-7-12/h3-7,13-14H,2,8-11,16H2,1H3/t13?,14-/m0/s1. The highest BCUT2D eigenvalue weighted by Crippen LogP contribution is 2.19. The first-order valence-corrected chi connectivity index (χ1v) is 6.89. The van der Waals surface area contributed by atoms with Crippen LogP contribution in [0.25, 0.3) is 0 Å². The smallest absolute Gasteiger partial charge is 0.310 e. The summed E-state index contributed by atoms with van der Waals surface area (Å²) < 4.78 is 5.07. The fourth-order valence-electron chi connectivity index (χ4n) is 2.58. The molecule has 0 spiro atoms. The Labute approximate surface area is 114 Å². The van der Waals surface area contributed by atoms with Crippen molar-refractivity contribution < 1.29 is 9.53 Å². The highest BCUT2D eigenvalue weighted by atomic mass is 16.5. The number of nitrogens with two attached hydrogens (primary N) is 1. The predicted molar refractivity (Wildman–Crippen MR) is 74.4 cm³/mol. The SMILES string of the molecule is CCOC(=O)C1CCN(Cc2ccccc2)C[C@@H]1N. The quantitative estimate of drug-likeness (QED) is 0.833. The average molecular weight is 262 g/mol. The number of hydrogen-bond acceptors (Lipinski definition) is 4. The predicted octanol–water partition coefficient (Wildman–Crippen LogP) is 1.40. The molecule has 1 aliphatic rings. The second-order valence-corrected chi connectivity index (χ2v) is 5.03. The molecule has 1 unspecified atom stereocenters. The fourth-order valence-corrected chi connectivity index (χ4v) is 2.58. The zero-order valence-electron chi connectivity index (χ0n) is 11.4. The van der Waals surface area contributed by atoms with Crippen LogP contribution in [0.4, 0.5) is 0 Å². The van der Waals surface area contributed by atoms with Crippen LogP contribution >= 0.6 is 0 Å². The van der Waals surface area contributed by atoms with E-state index in [9.17, 15) is 4.79 Å². The maximum absolute atomic E-state index is 11.8. The lowest BCUT2D eigenvalue weighted by atomic mass is 9.92. The van der Waals surface area contributed by atoms with Gasteiger partial charge in [-0.05, 0) is 25.5 Å². The number of piperidine rings is 1. The number of ether oxygens (including phenoxy) is 1. The normalized spacial score (nSPS) is 24.1. The van der Waals surface area contributed by atoms with Gasteiger partial charge in [0.25, 0.3) is 0 Å². The lowest BCUT2D eigenvalue weighted by Crippen LogP contribution is -2.51. The molecule has 1 saturated heterocycles. The van der Waals surface area contributed by atoms with Crippen molar-refractivity contribution in [2.24, 2.45) is 11.7 Å². The second-order valence-electron chi connectivity index (χ2n) is 5.03. The number of likely N-dealkylation sites (tertiary alicyclic amines) is 1. The molecule has 0 saturated carbocycles. The number of carbonyl (C=O) groups is 1. The van der Waals surface area contributed by atoms with Gasteiger partial charge in [0.05, 0.1) is 12.5 Å². The highest BCUT2D eigenvalue weighted by molar-refractivity contribution is 5.73. The number of rotatable bonds is 4. The molecule has 1 aromatic rings. The van der Waals surface area contributed by atoms with Crippen molar-refractivity contribution in [3.63, 3.8) is 0 Å². The summed E-state index contributed by atoms with van der Waals surface area (Å²) in [4.78, 5) is 14.1. The van der Waals surface area contributed by atoms with E-state index < -0.39 is 0 Å². The topological polar surface area (TPSA) is 55.6 Å². The van der Waals surface area contributed by atoms with Crippen LogP contribution in [-0.2, 0) is 16.1 Å². The first-order valence-electron chi connectivity index (χ1n) is 6.89. The van der Waals surface area contributed by atoms with E-state index in [2.05, 4.69) is 17.0 Å². The Morgan fingerprint density at radius 3 is 2.79 bits per heavy atom. The molecule has 0 amide bonds. The molecule has 19 heavy (non-hydrogen) atoms. The molecule has 0 bridgehead atoms. The van der Waals surface area contributed by atoms with E-state index in [4.69, 9.17) is 10.5 Å². The summed E-state index contributed by atoms with van der Waals surface area (Å²) in [6, 6.07) is 10.2. The van der Waals surface area contributed by atoms with Gasteiger partial charge < -0.3 is 10.5 Å². The Hall–Kier alpha value is -1.39. The summed E-state index contributed by atoms with van der Waals surface area (Å²) >= 11 is 0. The van der Waals surface area contributed by atoms with Crippen molar-refractivity contribution in [2.75, 3.05) is 19.7 Å². The Bertz CT molecular complexity index is 408. The van der Waals surface area contributed by atoms with Gasteiger partial charge in [0.15, 0.2) is 0 Å². The zero-order chi connectivity index (χ0) is 13.7. The van der Waals surface area contributed by atoms with Gasteiger partial charge in [0, 0.05) is 19.1 Å². The van der Waals surface area contributed by atoms with E-state index in [1.807, 2.05) is 25.1 Å². The van der Waals surface area contributed by atoms with Gasteiger partial charge in [-0.1, -0.05) is 30.3 Å². The molecule has 2 atom stereocenters. The number of carbonyl (C=O) groups excluding carboxylic acids is 1. The number of nitrogens with zero attached hydrogens (tertiary/aromatic N) is 1. The molecule has 1 aliphatic heterocycles. The van der Waals surface area contributed by atoms with Gasteiger partial charge in [0.1, 0.15) is 0 Å². The lowest BCUT2D eigenvalue weighted by molar-refractivity contribution is -0.150. The van der Waals surface area contributed by atoms with Gasteiger partial charge in [-0.2, -0.15) is 0 Å². The second kappa shape index (κ2) is 6.68. The molecule has 4 heteroatoms. The van der Waals surface area contributed by atoms with Crippen molar-refractivity contribution in [1.29, 1.82) is 0 Å². The Morgan fingerprint density at radius 2 is 2.16 bits per heavy atom. The first-order chi connectivity index (χ1) is 9.20. The van der Waals surface area contributed by atoms with Crippen LogP contribution in [0.3, 0.4) is 0 Å². The molecule has 1 aromatic carbocycles. The average Bonchev–Trinajstić information content (AvgIpc) is 2.40. The van der Waals surface area contributed by atoms with Gasteiger partial charge in [-0.25, -0.2) is 0 Å². The Kier molecular flexibility index (Phi) is 4.93. The Morgan fingerprint density at radius 1 is 1.42 bits per heavy atom. The van der Waals surface area contributed by atoms with Crippen LogP contribution in [0.5, 0.6) is 0 Å².